The van der Waals surface area contributed by atoms with Crippen LogP contribution in [0.15, 0.2) is 42.5 Å². The van der Waals surface area contributed by atoms with Gasteiger partial charge in [0.1, 0.15) is 17.7 Å². The van der Waals surface area contributed by atoms with E-state index in [1.807, 2.05) is 42.5 Å². The van der Waals surface area contributed by atoms with E-state index in [4.69, 9.17) is 18.9 Å². The van der Waals surface area contributed by atoms with Gasteiger partial charge in [-0.05, 0) is 76.3 Å². The van der Waals surface area contributed by atoms with Gasteiger partial charge in [0, 0.05) is 13.0 Å². The highest BCUT2D eigenvalue weighted by atomic mass is 16.6. The Kier molecular flexibility index (Phi) is 10.6. The molecule has 2 aromatic carbocycles. The van der Waals surface area contributed by atoms with Crippen LogP contribution in [0.2, 0.25) is 0 Å². The number of carbonyl (C=O) groups excluding carboxylic acids is 3. The fourth-order valence-electron chi connectivity index (χ4n) is 4.81. The zero-order valence-electron chi connectivity index (χ0n) is 24.6. The SMILES string of the molecule is CCOC(=O)[C@H](CCc1ccccc1)N[C@@H](C)C(=O)N1Cc2cc(OC)c(OC)cc2C[C@H]1C(=O)OC(C)(C)C. The molecule has 1 amide bonds. The van der Waals surface area contributed by atoms with E-state index in [-0.39, 0.29) is 25.5 Å². The first-order valence-corrected chi connectivity index (χ1v) is 13.7. The van der Waals surface area contributed by atoms with Crippen molar-refractivity contribution in [3.05, 3.63) is 59.2 Å². The summed E-state index contributed by atoms with van der Waals surface area (Å²) < 4.78 is 21.9. The number of hydrogen-bond donors (Lipinski definition) is 1. The molecule has 3 atom stereocenters. The second-order valence-electron chi connectivity index (χ2n) is 10.9. The second-order valence-corrected chi connectivity index (χ2v) is 10.9. The van der Waals surface area contributed by atoms with Crippen molar-refractivity contribution in [2.75, 3.05) is 20.8 Å². The highest BCUT2D eigenvalue weighted by molar-refractivity contribution is 5.89. The van der Waals surface area contributed by atoms with Gasteiger partial charge in [0.05, 0.1) is 26.9 Å². The molecule has 1 N–H and O–H groups in total. The zero-order chi connectivity index (χ0) is 29.4. The minimum absolute atomic E-state index is 0.179. The molecule has 0 saturated carbocycles. The number of nitrogens with one attached hydrogen (secondary N) is 1. The van der Waals surface area contributed by atoms with Crippen molar-refractivity contribution in [3.63, 3.8) is 0 Å². The van der Waals surface area contributed by atoms with Gasteiger partial charge < -0.3 is 23.8 Å². The molecule has 0 spiro atoms. The summed E-state index contributed by atoms with van der Waals surface area (Å²) in [5, 5.41) is 3.18. The third-order valence-electron chi connectivity index (χ3n) is 6.76. The molecule has 0 aromatic heterocycles. The quantitative estimate of drug-likeness (QED) is 0.418. The van der Waals surface area contributed by atoms with Crippen molar-refractivity contribution < 1.29 is 33.3 Å². The van der Waals surface area contributed by atoms with Crippen molar-refractivity contribution in [1.82, 2.24) is 10.2 Å². The van der Waals surface area contributed by atoms with Crippen LogP contribution in [0.5, 0.6) is 11.5 Å². The van der Waals surface area contributed by atoms with Crippen molar-refractivity contribution in [1.29, 1.82) is 0 Å². The Balaban J connectivity index is 1.86. The summed E-state index contributed by atoms with van der Waals surface area (Å²) in [7, 11) is 3.11. The van der Waals surface area contributed by atoms with E-state index in [0.29, 0.717) is 24.3 Å². The molecule has 218 valence electrons. The predicted octanol–water partition coefficient (Wildman–Crippen LogP) is 3.84. The Labute approximate surface area is 237 Å². The maximum absolute atomic E-state index is 13.9. The van der Waals surface area contributed by atoms with Crippen LogP contribution in [-0.4, -0.2) is 67.3 Å². The molecule has 0 fully saturated rings. The number of aryl methyl sites for hydroxylation is 1. The molecule has 0 saturated heterocycles. The topological polar surface area (TPSA) is 103 Å². The Hall–Kier alpha value is -3.59. The molecule has 9 heteroatoms. The Morgan fingerprint density at radius 1 is 1.02 bits per heavy atom. The Morgan fingerprint density at radius 2 is 1.65 bits per heavy atom. The van der Waals surface area contributed by atoms with Gasteiger partial charge in [0.2, 0.25) is 5.91 Å². The van der Waals surface area contributed by atoms with Gasteiger partial charge in [-0.2, -0.15) is 0 Å². The predicted molar refractivity (Wildman–Crippen MR) is 151 cm³/mol. The smallest absolute Gasteiger partial charge is 0.329 e. The monoisotopic (exact) mass is 554 g/mol. The molecule has 0 unspecified atom stereocenters. The summed E-state index contributed by atoms with van der Waals surface area (Å²) in [6.07, 6.45) is 1.35. The van der Waals surface area contributed by atoms with Crippen LogP contribution in [0.3, 0.4) is 0 Å². The standard InChI is InChI=1S/C31H42N2O7/c1-8-39-29(35)24(15-14-21-12-10-9-11-13-21)32-20(2)28(34)33-19-23-18-27(38-7)26(37-6)17-22(23)16-25(33)30(36)40-31(3,4)5/h9-13,17-18,20,24-25,32H,8,14-16,19H2,1-7H3/t20-,24-,25-/m0/s1. The van der Waals surface area contributed by atoms with Crippen molar-refractivity contribution >= 4 is 17.8 Å². The molecule has 1 aliphatic heterocycles. The number of hydrogen-bond acceptors (Lipinski definition) is 8. The number of nitrogens with zero attached hydrogens (tertiary/aromatic N) is 1. The first-order chi connectivity index (χ1) is 19.0. The van der Waals surface area contributed by atoms with Gasteiger partial charge in [-0.15, -0.1) is 0 Å². The maximum atomic E-state index is 13.9. The summed E-state index contributed by atoms with van der Waals surface area (Å²) >= 11 is 0. The number of rotatable bonds is 11. The number of amides is 1. The highest BCUT2D eigenvalue weighted by Crippen LogP contribution is 2.35. The largest absolute Gasteiger partial charge is 0.493 e. The molecule has 3 rings (SSSR count). The minimum Gasteiger partial charge on any atom is -0.493 e. The first kappa shape index (κ1) is 30.9. The molecule has 2 aromatic rings. The van der Waals surface area contributed by atoms with E-state index < -0.39 is 35.7 Å². The molecule has 0 radical (unpaired) electrons. The normalized spacial score (nSPS) is 16.4. The van der Waals surface area contributed by atoms with Crippen LogP contribution in [0.4, 0.5) is 0 Å². The summed E-state index contributed by atoms with van der Waals surface area (Å²) in [6, 6.07) is 11.2. The number of esters is 2. The lowest BCUT2D eigenvalue weighted by Gasteiger charge is -2.38. The van der Waals surface area contributed by atoms with Gasteiger partial charge in [0.15, 0.2) is 11.5 Å². The van der Waals surface area contributed by atoms with Gasteiger partial charge in [0.25, 0.3) is 0 Å². The van der Waals surface area contributed by atoms with Gasteiger partial charge in [-0.1, -0.05) is 30.3 Å². The van der Waals surface area contributed by atoms with Crippen molar-refractivity contribution in [2.45, 2.75) is 84.2 Å². The molecule has 0 aliphatic carbocycles. The molecule has 1 aliphatic rings. The molecule has 0 bridgehead atoms. The molecular formula is C31H42N2O7. The Morgan fingerprint density at radius 3 is 2.23 bits per heavy atom. The summed E-state index contributed by atoms with van der Waals surface area (Å²) in [6.45, 7) is 9.25. The Bertz CT molecular complexity index is 1180. The van der Waals surface area contributed by atoms with E-state index in [9.17, 15) is 14.4 Å². The second kappa shape index (κ2) is 13.7. The van der Waals surface area contributed by atoms with E-state index in [1.165, 1.54) is 4.90 Å². The summed E-state index contributed by atoms with van der Waals surface area (Å²) in [5.74, 6) is -0.124. The third-order valence-corrected chi connectivity index (χ3v) is 6.76. The minimum atomic E-state index is -0.841. The van der Waals surface area contributed by atoms with Gasteiger partial charge >= 0.3 is 11.9 Å². The lowest BCUT2D eigenvalue weighted by molar-refractivity contribution is -0.166. The average molecular weight is 555 g/mol. The average Bonchev–Trinajstić information content (AvgIpc) is 2.92. The molecular weight excluding hydrogens is 512 g/mol. The number of methoxy groups -OCH3 is 2. The summed E-state index contributed by atoms with van der Waals surface area (Å²) in [4.78, 5) is 41.6. The lowest BCUT2D eigenvalue weighted by Crippen LogP contribution is -2.57. The number of carbonyl (C=O) groups is 3. The zero-order valence-corrected chi connectivity index (χ0v) is 24.6. The number of benzene rings is 2. The van der Waals surface area contributed by atoms with E-state index in [0.717, 1.165) is 16.7 Å². The van der Waals surface area contributed by atoms with Crippen LogP contribution >= 0.6 is 0 Å². The fraction of sp³-hybridized carbons (Fsp3) is 0.516. The van der Waals surface area contributed by atoms with E-state index >= 15 is 0 Å². The van der Waals surface area contributed by atoms with Crippen LogP contribution in [-0.2, 0) is 43.2 Å². The third kappa shape index (κ3) is 7.97. The molecule has 9 nitrogen and oxygen atoms in total. The van der Waals surface area contributed by atoms with Crippen molar-refractivity contribution in [3.8, 4) is 11.5 Å². The van der Waals surface area contributed by atoms with Crippen LogP contribution in [0, 0.1) is 0 Å². The fourth-order valence-corrected chi connectivity index (χ4v) is 4.81. The lowest BCUT2D eigenvalue weighted by atomic mass is 9.92. The molecule has 40 heavy (non-hydrogen) atoms. The van der Waals surface area contributed by atoms with Crippen molar-refractivity contribution in [2.24, 2.45) is 0 Å². The summed E-state index contributed by atoms with van der Waals surface area (Å²) in [5.41, 5.74) is 2.09. The number of fused-ring (bicyclic) bond motifs is 1. The molecule has 1 heterocycles. The van der Waals surface area contributed by atoms with Crippen LogP contribution in [0.25, 0.3) is 0 Å². The van der Waals surface area contributed by atoms with E-state index in [1.54, 1.807) is 48.8 Å². The highest BCUT2D eigenvalue weighted by Gasteiger charge is 2.40. The number of ether oxygens (including phenoxy) is 4. The van der Waals surface area contributed by atoms with Gasteiger partial charge in [-0.3, -0.25) is 14.9 Å². The maximum Gasteiger partial charge on any atom is 0.329 e. The van der Waals surface area contributed by atoms with E-state index in [2.05, 4.69) is 5.32 Å². The van der Waals surface area contributed by atoms with Gasteiger partial charge in [-0.25, -0.2) is 4.79 Å². The first-order valence-electron chi connectivity index (χ1n) is 13.7. The van der Waals surface area contributed by atoms with Crippen LogP contribution < -0.4 is 14.8 Å². The van der Waals surface area contributed by atoms with Crippen LogP contribution in [0.1, 0.15) is 57.7 Å².